The van der Waals surface area contributed by atoms with E-state index in [1.165, 1.54) is 0 Å². The second-order valence-corrected chi connectivity index (χ2v) is 7.00. The van der Waals surface area contributed by atoms with Crippen LogP contribution in [0.3, 0.4) is 0 Å². The summed E-state index contributed by atoms with van der Waals surface area (Å²) in [7, 11) is 0. The van der Waals surface area contributed by atoms with Crippen LogP contribution in [0.1, 0.15) is 27.2 Å². The highest BCUT2D eigenvalue weighted by molar-refractivity contribution is 6.05. The van der Waals surface area contributed by atoms with E-state index in [9.17, 15) is 9.90 Å². The minimum absolute atomic E-state index is 0.179. The SMILES string of the molecule is Cc1ccc(NC(=O)c2cc3c(CO)cnc(C)c3oc2=Nc2ccccc2)cc1. The zero-order chi connectivity index (χ0) is 21.1. The zero-order valence-corrected chi connectivity index (χ0v) is 16.7. The number of para-hydroxylation sites is 1. The average Bonchev–Trinajstić information content (AvgIpc) is 2.76. The first-order valence-corrected chi connectivity index (χ1v) is 9.56. The molecular formula is C24H21N3O3. The Labute approximate surface area is 173 Å². The van der Waals surface area contributed by atoms with Gasteiger partial charge >= 0.3 is 0 Å². The average molecular weight is 399 g/mol. The molecule has 1 amide bonds. The number of nitrogens with one attached hydrogen (secondary N) is 1. The first kappa shape index (κ1) is 19.5. The van der Waals surface area contributed by atoms with Gasteiger partial charge in [-0.05, 0) is 44.2 Å². The van der Waals surface area contributed by atoms with Gasteiger partial charge in [-0.25, -0.2) is 4.99 Å². The molecule has 0 aliphatic rings. The molecule has 4 aromatic rings. The first-order valence-electron chi connectivity index (χ1n) is 9.56. The Kier molecular flexibility index (Phi) is 5.41. The van der Waals surface area contributed by atoms with Crippen LogP contribution in [0.15, 0.2) is 76.3 Å². The van der Waals surface area contributed by atoms with Crippen LogP contribution in [-0.2, 0) is 6.61 Å². The lowest BCUT2D eigenvalue weighted by Crippen LogP contribution is -2.22. The number of pyridine rings is 1. The number of aliphatic hydroxyl groups excluding tert-OH is 1. The van der Waals surface area contributed by atoms with E-state index in [1.54, 1.807) is 12.3 Å². The molecule has 0 unspecified atom stereocenters. The second kappa shape index (κ2) is 8.31. The Morgan fingerprint density at radius 1 is 1.10 bits per heavy atom. The Hall–Kier alpha value is -3.77. The number of hydrogen-bond acceptors (Lipinski definition) is 5. The molecule has 150 valence electrons. The number of benzene rings is 2. The fourth-order valence-corrected chi connectivity index (χ4v) is 3.12. The fraction of sp³-hybridized carbons (Fsp3) is 0.125. The minimum Gasteiger partial charge on any atom is -0.436 e. The molecule has 6 nitrogen and oxygen atoms in total. The van der Waals surface area contributed by atoms with Gasteiger partial charge in [-0.15, -0.1) is 0 Å². The van der Waals surface area contributed by atoms with Gasteiger partial charge in [0.05, 0.1) is 18.0 Å². The Balaban J connectivity index is 1.90. The lowest BCUT2D eigenvalue weighted by atomic mass is 10.1. The molecule has 0 radical (unpaired) electrons. The number of aliphatic hydroxyl groups is 1. The van der Waals surface area contributed by atoms with Gasteiger partial charge in [-0.3, -0.25) is 9.78 Å². The van der Waals surface area contributed by atoms with Crippen LogP contribution in [-0.4, -0.2) is 16.0 Å². The van der Waals surface area contributed by atoms with Crippen molar-refractivity contribution in [3.05, 3.63) is 94.8 Å². The highest BCUT2D eigenvalue weighted by Crippen LogP contribution is 2.22. The third kappa shape index (κ3) is 3.99. The predicted octanol–water partition coefficient (Wildman–Crippen LogP) is 4.42. The summed E-state index contributed by atoms with van der Waals surface area (Å²) in [5, 5.41) is 13.2. The number of aromatic nitrogens is 1. The quantitative estimate of drug-likeness (QED) is 0.532. The number of aryl methyl sites for hydroxylation is 2. The van der Waals surface area contributed by atoms with Gasteiger partial charge in [0.15, 0.2) is 5.58 Å². The van der Waals surface area contributed by atoms with Gasteiger partial charge in [0.2, 0.25) is 5.55 Å². The maximum Gasteiger partial charge on any atom is 0.261 e. The summed E-state index contributed by atoms with van der Waals surface area (Å²) in [6.45, 7) is 3.58. The molecule has 4 rings (SSSR count). The molecule has 30 heavy (non-hydrogen) atoms. The summed E-state index contributed by atoms with van der Waals surface area (Å²) in [5.74, 6) is -0.350. The van der Waals surface area contributed by atoms with Crippen molar-refractivity contribution in [1.29, 1.82) is 0 Å². The van der Waals surface area contributed by atoms with Crippen molar-refractivity contribution >= 4 is 28.3 Å². The van der Waals surface area contributed by atoms with E-state index < -0.39 is 0 Å². The minimum atomic E-state index is -0.350. The van der Waals surface area contributed by atoms with Crippen molar-refractivity contribution in [2.45, 2.75) is 20.5 Å². The van der Waals surface area contributed by atoms with Crippen molar-refractivity contribution in [3.63, 3.8) is 0 Å². The molecule has 0 saturated heterocycles. The highest BCUT2D eigenvalue weighted by Gasteiger charge is 2.16. The summed E-state index contributed by atoms with van der Waals surface area (Å²) in [4.78, 5) is 22.0. The third-order valence-corrected chi connectivity index (χ3v) is 4.76. The van der Waals surface area contributed by atoms with E-state index in [2.05, 4.69) is 15.3 Å². The zero-order valence-electron chi connectivity index (χ0n) is 16.7. The van der Waals surface area contributed by atoms with Crippen LogP contribution in [0.25, 0.3) is 11.0 Å². The number of amides is 1. The van der Waals surface area contributed by atoms with Crippen molar-refractivity contribution < 1.29 is 14.3 Å². The molecular weight excluding hydrogens is 378 g/mol. The van der Waals surface area contributed by atoms with Gasteiger partial charge in [0.25, 0.3) is 5.91 Å². The standard InChI is InChI=1S/C24H21N3O3/c1-15-8-10-19(11-9-15)26-23(29)21-12-20-17(14-28)13-25-16(2)22(20)30-24(21)27-18-6-4-3-5-7-18/h3-13,28H,14H2,1-2H3,(H,26,29). The van der Waals surface area contributed by atoms with E-state index in [1.807, 2.05) is 68.4 Å². The lowest BCUT2D eigenvalue weighted by Gasteiger charge is -2.10. The second-order valence-electron chi connectivity index (χ2n) is 7.00. The normalized spacial score (nSPS) is 11.6. The molecule has 2 heterocycles. The maximum atomic E-state index is 13.1. The number of anilines is 1. The van der Waals surface area contributed by atoms with Gasteiger partial charge < -0.3 is 14.8 Å². The largest absolute Gasteiger partial charge is 0.436 e. The summed E-state index contributed by atoms with van der Waals surface area (Å²) in [6, 6.07) is 18.5. The molecule has 6 heteroatoms. The number of rotatable bonds is 4. The fourth-order valence-electron chi connectivity index (χ4n) is 3.12. The molecule has 0 saturated carbocycles. The summed E-state index contributed by atoms with van der Waals surface area (Å²) < 4.78 is 6.05. The van der Waals surface area contributed by atoms with E-state index in [4.69, 9.17) is 4.42 Å². The number of carbonyl (C=O) groups is 1. The molecule has 0 fully saturated rings. The third-order valence-electron chi connectivity index (χ3n) is 4.76. The Morgan fingerprint density at radius 3 is 2.53 bits per heavy atom. The molecule has 0 spiro atoms. The lowest BCUT2D eigenvalue weighted by molar-refractivity contribution is 0.102. The van der Waals surface area contributed by atoms with E-state index in [0.29, 0.717) is 33.6 Å². The van der Waals surface area contributed by atoms with Crippen LogP contribution in [0.2, 0.25) is 0 Å². The van der Waals surface area contributed by atoms with Crippen LogP contribution < -0.4 is 10.9 Å². The van der Waals surface area contributed by atoms with Crippen molar-refractivity contribution in [2.24, 2.45) is 4.99 Å². The molecule has 2 aromatic carbocycles. The Morgan fingerprint density at radius 2 is 1.83 bits per heavy atom. The topological polar surface area (TPSA) is 87.7 Å². The van der Waals surface area contributed by atoms with Crippen LogP contribution in [0.4, 0.5) is 11.4 Å². The van der Waals surface area contributed by atoms with E-state index >= 15 is 0 Å². The van der Waals surface area contributed by atoms with Crippen LogP contribution in [0, 0.1) is 13.8 Å². The number of hydrogen-bond donors (Lipinski definition) is 2. The van der Waals surface area contributed by atoms with Crippen LogP contribution >= 0.6 is 0 Å². The number of nitrogens with zero attached hydrogens (tertiary/aromatic N) is 2. The number of fused-ring (bicyclic) bond motifs is 1. The highest BCUT2D eigenvalue weighted by atomic mass is 16.3. The van der Waals surface area contributed by atoms with E-state index in [0.717, 1.165) is 5.56 Å². The molecule has 0 aliphatic carbocycles. The van der Waals surface area contributed by atoms with E-state index in [-0.39, 0.29) is 23.6 Å². The van der Waals surface area contributed by atoms with Gasteiger partial charge in [-0.2, -0.15) is 0 Å². The van der Waals surface area contributed by atoms with Crippen molar-refractivity contribution in [3.8, 4) is 0 Å². The van der Waals surface area contributed by atoms with Gasteiger partial charge in [0, 0.05) is 22.8 Å². The summed E-state index contributed by atoms with van der Waals surface area (Å²) in [6.07, 6.45) is 1.59. The molecule has 0 atom stereocenters. The monoisotopic (exact) mass is 399 g/mol. The molecule has 0 aliphatic heterocycles. The maximum absolute atomic E-state index is 13.1. The summed E-state index contributed by atoms with van der Waals surface area (Å²) >= 11 is 0. The smallest absolute Gasteiger partial charge is 0.261 e. The van der Waals surface area contributed by atoms with Gasteiger partial charge in [0.1, 0.15) is 5.56 Å². The van der Waals surface area contributed by atoms with Gasteiger partial charge in [-0.1, -0.05) is 35.9 Å². The van der Waals surface area contributed by atoms with Crippen molar-refractivity contribution in [2.75, 3.05) is 5.32 Å². The molecule has 0 bridgehead atoms. The van der Waals surface area contributed by atoms with Crippen LogP contribution in [0.5, 0.6) is 0 Å². The predicted molar refractivity (Wildman–Crippen MR) is 115 cm³/mol. The number of carbonyl (C=O) groups excluding carboxylic acids is 1. The molecule has 2 aromatic heterocycles. The van der Waals surface area contributed by atoms with Crippen molar-refractivity contribution in [1.82, 2.24) is 4.98 Å². The molecule has 2 N–H and O–H groups in total. The first-order chi connectivity index (χ1) is 14.5. The Bertz CT molecular complexity index is 1280. The summed E-state index contributed by atoms with van der Waals surface area (Å²) in [5.41, 5.74) is 4.60.